The number of benzene rings is 3. The Kier molecular flexibility index (Phi) is 11.2. The monoisotopic (exact) mass is 515 g/mol. The first-order valence-corrected chi connectivity index (χ1v) is 12.1. The van der Waals surface area contributed by atoms with Crippen LogP contribution in [0.2, 0.25) is 0 Å². The predicted molar refractivity (Wildman–Crippen MR) is 138 cm³/mol. The highest BCUT2D eigenvalue weighted by molar-refractivity contribution is 5.95. The number of ether oxygens (including phenoxy) is 2. The summed E-state index contributed by atoms with van der Waals surface area (Å²) in [6.45, 7) is 6.66. The van der Waals surface area contributed by atoms with E-state index in [1.165, 1.54) is 29.2 Å². The molecule has 0 aliphatic rings. The fraction of sp³-hybridized carbons (Fsp3) is 0.310. The Morgan fingerprint density at radius 1 is 0.892 bits per heavy atom. The molecule has 0 heterocycles. The van der Waals surface area contributed by atoms with Gasteiger partial charge in [0, 0.05) is 13.3 Å². The number of esters is 1. The second-order valence-electron chi connectivity index (χ2n) is 7.87. The maximum Gasteiger partial charge on any atom is 0.394 e. The van der Waals surface area contributed by atoms with E-state index in [1.807, 2.05) is 44.2 Å². The van der Waals surface area contributed by atoms with Crippen LogP contribution in [0.4, 0.5) is 18.9 Å². The summed E-state index contributed by atoms with van der Waals surface area (Å²) >= 11 is 0. The standard InChI is InChI=1S/C27H26F3NO4.C2H6/c1-3-34-26(33)16-15-25(32)31(18-19-7-5-4-6-8-19)24-14-11-21(17-23(24)28)20-9-12-22(13-10-20)35-27(2,29)30;1-2/h4-14,17H,3,15-16,18H2,1-2H3;1-2H3. The minimum Gasteiger partial charge on any atom is -0.466 e. The van der Waals surface area contributed by atoms with Gasteiger partial charge in [-0.1, -0.05) is 62.4 Å². The predicted octanol–water partition coefficient (Wildman–Crippen LogP) is 7.39. The summed E-state index contributed by atoms with van der Waals surface area (Å²) in [6, 6.07) is 19.3. The summed E-state index contributed by atoms with van der Waals surface area (Å²) in [4.78, 5) is 26.0. The van der Waals surface area contributed by atoms with Gasteiger partial charge in [-0.15, -0.1) is 0 Å². The van der Waals surface area contributed by atoms with Crippen LogP contribution in [0.25, 0.3) is 11.1 Å². The summed E-state index contributed by atoms with van der Waals surface area (Å²) in [7, 11) is 0. The highest BCUT2D eigenvalue weighted by atomic mass is 19.3. The molecule has 0 N–H and O–H groups in total. The largest absolute Gasteiger partial charge is 0.466 e. The van der Waals surface area contributed by atoms with Gasteiger partial charge in [0.2, 0.25) is 5.91 Å². The first-order chi connectivity index (χ1) is 17.7. The lowest BCUT2D eigenvalue weighted by atomic mass is 10.0. The second-order valence-corrected chi connectivity index (χ2v) is 7.87. The molecule has 0 aliphatic carbocycles. The van der Waals surface area contributed by atoms with Gasteiger partial charge in [-0.3, -0.25) is 9.59 Å². The normalized spacial score (nSPS) is 10.7. The van der Waals surface area contributed by atoms with Gasteiger partial charge in [-0.05, 0) is 47.9 Å². The first-order valence-electron chi connectivity index (χ1n) is 12.1. The fourth-order valence-corrected chi connectivity index (χ4v) is 3.48. The molecule has 0 atom stereocenters. The lowest BCUT2D eigenvalue weighted by molar-refractivity contribution is -0.159. The smallest absolute Gasteiger partial charge is 0.394 e. The van der Waals surface area contributed by atoms with Gasteiger partial charge in [-0.25, -0.2) is 4.39 Å². The topological polar surface area (TPSA) is 55.8 Å². The van der Waals surface area contributed by atoms with Crippen LogP contribution in [0.5, 0.6) is 5.75 Å². The highest BCUT2D eigenvalue weighted by Gasteiger charge is 2.23. The number of anilines is 1. The number of hydrogen-bond acceptors (Lipinski definition) is 4. The Morgan fingerprint density at radius 3 is 2.08 bits per heavy atom. The minimum absolute atomic E-state index is 0.0143. The van der Waals surface area contributed by atoms with Crippen LogP contribution in [-0.4, -0.2) is 24.6 Å². The van der Waals surface area contributed by atoms with Crippen molar-refractivity contribution >= 4 is 17.6 Å². The van der Waals surface area contributed by atoms with E-state index in [9.17, 15) is 18.4 Å². The molecule has 0 spiro atoms. The zero-order chi connectivity index (χ0) is 27.4. The van der Waals surface area contributed by atoms with E-state index < -0.39 is 23.8 Å². The van der Waals surface area contributed by atoms with E-state index >= 15 is 4.39 Å². The maximum atomic E-state index is 15.3. The van der Waals surface area contributed by atoms with Crippen molar-refractivity contribution in [3.63, 3.8) is 0 Å². The van der Waals surface area contributed by atoms with Crippen molar-refractivity contribution in [2.75, 3.05) is 11.5 Å². The Morgan fingerprint density at radius 2 is 1.51 bits per heavy atom. The number of nitrogens with zero attached hydrogens (tertiary/aromatic N) is 1. The van der Waals surface area contributed by atoms with Crippen LogP contribution in [-0.2, 0) is 20.9 Å². The number of alkyl halides is 2. The highest BCUT2D eigenvalue weighted by Crippen LogP contribution is 2.30. The molecule has 198 valence electrons. The molecule has 0 radical (unpaired) electrons. The Bertz CT molecular complexity index is 1150. The molecule has 0 fully saturated rings. The molecule has 0 bridgehead atoms. The fourth-order valence-electron chi connectivity index (χ4n) is 3.48. The van der Waals surface area contributed by atoms with Crippen molar-refractivity contribution in [2.24, 2.45) is 0 Å². The zero-order valence-corrected chi connectivity index (χ0v) is 21.5. The average Bonchev–Trinajstić information content (AvgIpc) is 2.87. The Balaban J connectivity index is 0.00000235. The molecule has 3 aromatic rings. The van der Waals surface area contributed by atoms with E-state index in [1.54, 1.807) is 25.1 Å². The number of halogens is 3. The molecular formula is C29H32F3NO4. The third kappa shape index (κ3) is 9.29. The number of amides is 1. The van der Waals surface area contributed by atoms with Gasteiger partial charge < -0.3 is 14.4 Å². The van der Waals surface area contributed by atoms with Gasteiger partial charge in [0.25, 0.3) is 0 Å². The van der Waals surface area contributed by atoms with E-state index in [4.69, 9.17) is 4.74 Å². The molecule has 5 nitrogen and oxygen atoms in total. The zero-order valence-electron chi connectivity index (χ0n) is 21.5. The van der Waals surface area contributed by atoms with Crippen molar-refractivity contribution in [3.8, 4) is 16.9 Å². The van der Waals surface area contributed by atoms with Crippen LogP contribution in [0.15, 0.2) is 72.8 Å². The summed E-state index contributed by atoms with van der Waals surface area (Å²) in [5.74, 6) is -1.57. The van der Waals surface area contributed by atoms with Crippen LogP contribution >= 0.6 is 0 Å². The van der Waals surface area contributed by atoms with Crippen molar-refractivity contribution in [3.05, 3.63) is 84.2 Å². The lowest BCUT2D eigenvalue weighted by Crippen LogP contribution is -2.31. The molecule has 0 saturated heterocycles. The van der Waals surface area contributed by atoms with E-state index in [2.05, 4.69) is 4.74 Å². The molecule has 0 unspecified atom stereocenters. The van der Waals surface area contributed by atoms with E-state index in [-0.39, 0.29) is 37.4 Å². The average molecular weight is 516 g/mol. The van der Waals surface area contributed by atoms with Crippen molar-refractivity contribution in [1.29, 1.82) is 0 Å². The molecule has 3 rings (SSSR count). The van der Waals surface area contributed by atoms with Gasteiger partial charge in [0.05, 0.1) is 25.3 Å². The maximum absolute atomic E-state index is 15.3. The number of rotatable bonds is 10. The lowest BCUT2D eigenvalue weighted by Gasteiger charge is -2.24. The molecule has 3 aromatic carbocycles. The third-order valence-corrected chi connectivity index (χ3v) is 5.06. The first kappa shape index (κ1) is 29.4. The van der Waals surface area contributed by atoms with Crippen LogP contribution in [0, 0.1) is 5.82 Å². The van der Waals surface area contributed by atoms with Crippen LogP contribution < -0.4 is 9.64 Å². The molecule has 1 amide bonds. The van der Waals surface area contributed by atoms with Gasteiger partial charge >= 0.3 is 12.1 Å². The molecule has 0 saturated carbocycles. The Hall–Kier alpha value is -3.81. The molecule has 37 heavy (non-hydrogen) atoms. The second kappa shape index (κ2) is 14.1. The summed E-state index contributed by atoms with van der Waals surface area (Å²) in [5.41, 5.74) is 1.95. The minimum atomic E-state index is -3.31. The summed E-state index contributed by atoms with van der Waals surface area (Å²) in [6.07, 6.45) is -3.55. The van der Waals surface area contributed by atoms with Gasteiger partial charge in [-0.2, -0.15) is 8.78 Å². The molecule has 0 aliphatic heterocycles. The van der Waals surface area contributed by atoms with Crippen molar-refractivity contribution in [1.82, 2.24) is 0 Å². The van der Waals surface area contributed by atoms with Crippen molar-refractivity contribution < 1.29 is 32.2 Å². The van der Waals surface area contributed by atoms with E-state index in [0.717, 1.165) is 5.56 Å². The number of hydrogen-bond donors (Lipinski definition) is 0. The van der Waals surface area contributed by atoms with E-state index in [0.29, 0.717) is 18.1 Å². The molecular weight excluding hydrogens is 483 g/mol. The molecule has 8 heteroatoms. The Labute approximate surface area is 215 Å². The number of carbonyl (C=O) groups excluding carboxylic acids is 2. The third-order valence-electron chi connectivity index (χ3n) is 5.06. The van der Waals surface area contributed by atoms with Gasteiger partial charge in [0.15, 0.2) is 0 Å². The number of carbonyl (C=O) groups is 2. The SMILES string of the molecule is CC.CCOC(=O)CCC(=O)N(Cc1ccccc1)c1ccc(-c2ccc(OC(C)(F)F)cc2)cc1F. The summed E-state index contributed by atoms with van der Waals surface area (Å²) in [5, 5.41) is 0. The van der Waals surface area contributed by atoms with Crippen LogP contribution in [0.3, 0.4) is 0 Å². The van der Waals surface area contributed by atoms with Gasteiger partial charge in [0.1, 0.15) is 11.6 Å². The van der Waals surface area contributed by atoms with Crippen LogP contribution in [0.1, 0.15) is 46.1 Å². The van der Waals surface area contributed by atoms with Crippen molar-refractivity contribution in [2.45, 2.75) is 53.2 Å². The summed E-state index contributed by atoms with van der Waals surface area (Å²) < 4.78 is 50.7. The quantitative estimate of drug-likeness (QED) is 0.264. The molecule has 0 aromatic heterocycles.